The predicted octanol–water partition coefficient (Wildman–Crippen LogP) is 4.86. The Hall–Kier alpha value is -2.58. The monoisotopic (exact) mass is 467 g/mol. The van der Waals surface area contributed by atoms with Crippen LogP contribution >= 0.6 is 47.0 Å². The average Bonchev–Trinajstić information content (AvgIpc) is 3.18. The van der Waals surface area contributed by atoms with Gasteiger partial charge in [-0.2, -0.15) is 0 Å². The molecule has 0 saturated heterocycles. The van der Waals surface area contributed by atoms with Gasteiger partial charge in [-0.25, -0.2) is 0 Å². The van der Waals surface area contributed by atoms with Crippen molar-refractivity contribution in [2.24, 2.45) is 0 Å². The van der Waals surface area contributed by atoms with Gasteiger partial charge in [-0.15, -0.1) is 0 Å². The number of halogens is 3. The van der Waals surface area contributed by atoms with E-state index in [-0.39, 0.29) is 10.9 Å². The number of hydrogen-bond donors (Lipinski definition) is 3. The van der Waals surface area contributed by atoms with E-state index in [4.69, 9.17) is 51.4 Å². The normalized spacial score (nSPS) is 10.3. The number of rotatable bonds is 3. The third kappa shape index (κ3) is 5.48. The third-order valence-corrected chi connectivity index (χ3v) is 4.67. The van der Waals surface area contributed by atoms with E-state index in [0.717, 1.165) is 0 Å². The van der Waals surface area contributed by atoms with Crippen molar-refractivity contribution in [3.8, 4) is 11.3 Å². The molecule has 1 aromatic heterocycles. The molecule has 0 bridgehead atoms. The second-order valence-corrected chi connectivity index (χ2v) is 7.35. The zero-order valence-electron chi connectivity index (χ0n) is 14.5. The third-order valence-electron chi connectivity index (χ3n) is 3.65. The van der Waals surface area contributed by atoms with Gasteiger partial charge in [-0.3, -0.25) is 25.8 Å². The van der Waals surface area contributed by atoms with Gasteiger partial charge in [0.2, 0.25) is 0 Å². The lowest BCUT2D eigenvalue weighted by Gasteiger charge is -2.10. The molecule has 0 aliphatic carbocycles. The van der Waals surface area contributed by atoms with Gasteiger partial charge in [0, 0.05) is 21.2 Å². The van der Waals surface area contributed by atoms with E-state index in [9.17, 15) is 9.59 Å². The average molecular weight is 469 g/mol. The number of carbonyl (C=O) groups excluding carboxylic acids is 2. The van der Waals surface area contributed by atoms with E-state index in [1.54, 1.807) is 48.5 Å². The van der Waals surface area contributed by atoms with E-state index in [2.05, 4.69) is 16.2 Å². The summed E-state index contributed by atoms with van der Waals surface area (Å²) in [5.74, 6) is -0.677. The standard InChI is InChI=1S/C19H12Cl3N3O3S/c20-11-3-1-10(2-4-11)17(26)24-25-19(29)23-18(27)16-8-7-15(28-16)13-9-12(21)5-6-14(13)22/h1-9H,(H,24,26)(H2,23,25,27,29). The van der Waals surface area contributed by atoms with Crippen molar-refractivity contribution in [3.63, 3.8) is 0 Å². The maximum absolute atomic E-state index is 12.3. The summed E-state index contributed by atoms with van der Waals surface area (Å²) in [4.78, 5) is 24.3. The Morgan fingerprint density at radius 3 is 2.24 bits per heavy atom. The Bertz CT molecular complexity index is 1080. The zero-order valence-corrected chi connectivity index (χ0v) is 17.5. The molecular weight excluding hydrogens is 457 g/mol. The molecule has 0 atom stereocenters. The maximum Gasteiger partial charge on any atom is 0.293 e. The molecule has 0 saturated carbocycles. The Balaban J connectivity index is 1.58. The lowest BCUT2D eigenvalue weighted by molar-refractivity contribution is 0.0927. The minimum atomic E-state index is -0.604. The molecule has 29 heavy (non-hydrogen) atoms. The molecule has 1 heterocycles. The first-order valence-electron chi connectivity index (χ1n) is 8.06. The number of furan rings is 1. The molecule has 3 rings (SSSR count). The number of hydrogen-bond acceptors (Lipinski definition) is 4. The molecule has 0 radical (unpaired) electrons. The summed E-state index contributed by atoms with van der Waals surface area (Å²) in [7, 11) is 0. The quantitative estimate of drug-likeness (QED) is 0.378. The smallest absolute Gasteiger partial charge is 0.293 e. The van der Waals surface area contributed by atoms with E-state index in [1.165, 1.54) is 6.07 Å². The van der Waals surface area contributed by atoms with Crippen LogP contribution in [-0.2, 0) is 0 Å². The fraction of sp³-hybridized carbons (Fsp3) is 0. The van der Waals surface area contributed by atoms with Crippen LogP contribution < -0.4 is 16.2 Å². The van der Waals surface area contributed by atoms with Gasteiger partial charge in [0.1, 0.15) is 5.76 Å². The van der Waals surface area contributed by atoms with E-state index in [0.29, 0.717) is 32.0 Å². The van der Waals surface area contributed by atoms with Gasteiger partial charge in [-0.05, 0) is 66.8 Å². The van der Waals surface area contributed by atoms with Crippen molar-refractivity contribution in [1.82, 2.24) is 16.2 Å². The summed E-state index contributed by atoms with van der Waals surface area (Å²) in [6, 6.07) is 14.2. The summed E-state index contributed by atoms with van der Waals surface area (Å²) in [6.07, 6.45) is 0. The second-order valence-electron chi connectivity index (χ2n) is 5.66. The topological polar surface area (TPSA) is 83.4 Å². The lowest BCUT2D eigenvalue weighted by Crippen LogP contribution is -2.48. The number of carbonyl (C=O) groups is 2. The minimum absolute atomic E-state index is 0.00391. The number of nitrogens with one attached hydrogen (secondary N) is 3. The molecule has 0 aliphatic rings. The summed E-state index contributed by atoms with van der Waals surface area (Å²) >= 11 is 22.9. The van der Waals surface area contributed by atoms with Crippen LogP contribution in [0.5, 0.6) is 0 Å². The minimum Gasteiger partial charge on any atom is -0.451 e. The number of hydrazine groups is 1. The fourth-order valence-electron chi connectivity index (χ4n) is 2.27. The molecule has 2 amide bonds. The van der Waals surface area contributed by atoms with Gasteiger partial charge in [-0.1, -0.05) is 34.8 Å². The molecule has 0 unspecified atom stereocenters. The van der Waals surface area contributed by atoms with Gasteiger partial charge in [0.15, 0.2) is 10.9 Å². The van der Waals surface area contributed by atoms with Gasteiger partial charge >= 0.3 is 0 Å². The highest BCUT2D eigenvalue weighted by Gasteiger charge is 2.16. The van der Waals surface area contributed by atoms with Crippen LogP contribution in [-0.4, -0.2) is 16.9 Å². The van der Waals surface area contributed by atoms with Crippen molar-refractivity contribution in [1.29, 1.82) is 0 Å². The molecule has 10 heteroatoms. The summed E-state index contributed by atoms with van der Waals surface area (Å²) in [6.45, 7) is 0. The number of benzene rings is 2. The number of amides is 2. The van der Waals surface area contributed by atoms with Crippen LogP contribution in [0, 0.1) is 0 Å². The molecule has 0 fully saturated rings. The first-order chi connectivity index (χ1) is 13.8. The largest absolute Gasteiger partial charge is 0.451 e. The Morgan fingerprint density at radius 2 is 1.52 bits per heavy atom. The molecular formula is C19H12Cl3N3O3S. The maximum atomic E-state index is 12.3. The SMILES string of the molecule is O=C(NNC(=S)NC(=O)c1ccc(-c2cc(Cl)ccc2Cl)o1)c1ccc(Cl)cc1. The Labute approximate surface area is 186 Å². The van der Waals surface area contributed by atoms with Crippen molar-refractivity contribution in [2.45, 2.75) is 0 Å². The van der Waals surface area contributed by atoms with Crippen LogP contribution in [0.15, 0.2) is 59.0 Å². The van der Waals surface area contributed by atoms with Crippen LogP contribution in [0.1, 0.15) is 20.9 Å². The van der Waals surface area contributed by atoms with Crippen LogP contribution in [0.4, 0.5) is 0 Å². The highest BCUT2D eigenvalue weighted by atomic mass is 35.5. The van der Waals surface area contributed by atoms with E-state index >= 15 is 0 Å². The lowest BCUT2D eigenvalue weighted by atomic mass is 10.2. The highest BCUT2D eigenvalue weighted by Crippen LogP contribution is 2.31. The van der Waals surface area contributed by atoms with Crippen molar-refractivity contribution in [2.75, 3.05) is 0 Å². The van der Waals surface area contributed by atoms with E-state index in [1.807, 2.05) is 0 Å². The molecule has 0 aliphatic heterocycles. The zero-order chi connectivity index (χ0) is 21.0. The van der Waals surface area contributed by atoms with Gasteiger partial charge in [0.05, 0.1) is 5.02 Å². The summed E-state index contributed by atoms with van der Waals surface area (Å²) in [5.41, 5.74) is 5.72. The molecule has 2 aromatic carbocycles. The predicted molar refractivity (Wildman–Crippen MR) is 116 cm³/mol. The van der Waals surface area contributed by atoms with E-state index < -0.39 is 11.8 Å². The van der Waals surface area contributed by atoms with Gasteiger partial charge in [0.25, 0.3) is 11.8 Å². The molecule has 148 valence electrons. The summed E-state index contributed by atoms with van der Waals surface area (Å²) < 4.78 is 5.53. The Kier molecular flexibility index (Phi) is 6.76. The van der Waals surface area contributed by atoms with Crippen molar-refractivity contribution in [3.05, 3.63) is 81.0 Å². The first-order valence-corrected chi connectivity index (χ1v) is 9.60. The fourth-order valence-corrected chi connectivity index (χ4v) is 2.93. The highest BCUT2D eigenvalue weighted by molar-refractivity contribution is 7.80. The second kappa shape index (κ2) is 9.28. The van der Waals surface area contributed by atoms with Crippen molar-refractivity contribution < 1.29 is 14.0 Å². The molecule has 3 N–H and O–H groups in total. The van der Waals surface area contributed by atoms with Crippen molar-refractivity contribution >= 4 is 63.9 Å². The van der Waals surface area contributed by atoms with Gasteiger partial charge < -0.3 is 4.42 Å². The Morgan fingerprint density at radius 1 is 0.828 bits per heavy atom. The first kappa shape index (κ1) is 21.1. The molecule has 3 aromatic rings. The molecule has 0 spiro atoms. The van der Waals surface area contributed by atoms with Crippen LogP contribution in [0.3, 0.4) is 0 Å². The summed E-state index contributed by atoms with van der Waals surface area (Å²) in [5, 5.41) is 3.70. The van der Waals surface area contributed by atoms with Crippen LogP contribution in [0.2, 0.25) is 15.1 Å². The van der Waals surface area contributed by atoms with Crippen LogP contribution in [0.25, 0.3) is 11.3 Å². The number of thiocarbonyl (C=S) groups is 1. The molecule has 6 nitrogen and oxygen atoms in total.